The van der Waals surface area contributed by atoms with Crippen LogP contribution in [0.25, 0.3) is 10.9 Å². The summed E-state index contributed by atoms with van der Waals surface area (Å²) in [6.45, 7) is 4.15. The zero-order valence-electron chi connectivity index (χ0n) is 12.7. The van der Waals surface area contributed by atoms with Crippen LogP contribution in [0.3, 0.4) is 0 Å². The van der Waals surface area contributed by atoms with Crippen LogP contribution in [0.5, 0.6) is 0 Å². The summed E-state index contributed by atoms with van der Waals surface area (Å²) in [5.74, 6) is 0. The molecule has 21 heavy (non-hydrogen) atoms. The average Bonchev–Trinajstić information content (AvgIpc) is 3.04. The van der Waals surface area contributed by atoms with Crippen LogP contribution in [0.2, 0.25) is 0 Å². The van der Waals surface area contributed by atoms with Crippen molar-refractivity contribution in [2.75, 3.05) is 13.2 Å². The highest BCUT2D eigenvalue weighted by Gasteiger charge is 2.23. The maximum absolute atomic E-state index is 5.84. The molecule has 1 aromatic carbocycles. The predicted octanol–water partition coefficient (Wildman–Crippen LogP) is 3.84. The van der Waals surface area contributed by atoms with Gasteiger partial charge in [-0.25, -0.2) is 0 Å². The van der Waals surface area contributed by atoms with Crippen molar-refractivity contribution in [3.8, 4) is 0 Å². The third-order valence-corrected chi connectivity index (χ3v) is 4.20. The van der Waals surface area contributed by atoms with Gasteiger partial charge in [0.1, 0.15) is 0 Å². The van der Waals surface area contributed by atoms with E-state index in [1.165, 1.54) is 23.8 Å². The van der Waals surface area contributed by atoms with Crippen LogP contribution < -0.4 is 5.32 Å². The maximum atomic E-state index is 5.84. The highest BCUT2D eigenvalue weighted by atomic mass is 16.5. The molecule has 0 aliphatic carbocycles. The molecule has 0 radical (unpaired) electrons. The SMILES string of the molecule is CCCNC(CC1CCCO1)c1cccc2cccnc12. The van der Waals surface area contributed by atoms with Crippen LogP contribution in [-0.2, 0) is 4.74 Å². The van der Waals surface area contributed by atoms with E-state index in [2.05, 4.69) is 41.5 Å². The summed E-state index contributed by atoms with van der Waals surface area (Å²) in [4.78, 5) is 4.60. The van der Waals surface area contributed by atoms with Gasteiger partial charge in [-0.05, 0) is 43.9 Å². The second kappa shape index (κ2) is 7.01. The number of nitrogens with one attached hydrogen (secondary N) is 1. The van der Waals surface area contributed by atoms with Crippen LogP contribution in [-0.4, -0.2) is 24.2 Å². The molecule has 2 heterocycles. The summed E-state index contributed by atoms with van der Waals surface area (Å²) in [6, 6.07) is 10.9. The Hall–Kier alpha value is -1.45. The summed E-state index contributed by atoms with van der Waals surface area (Å²) in [6.07, 6.45) is 6.82. The zero-order chi connectivity index (χ0) is 14.5. The van der Waals surface area contributed by atoms with Gasteiger partial charge in [0.25, 0.3) is 0 Å². The minimum absolute atomic E-state index is 0.326. The molecule has 0 saturated carbocycles. The van der Waals surface area contributed by atoms with E-state index in [0.29, 0.717) is 12.1 Å². The van der Waals surface area contributed by atoms with Crippen molar-refractivity contribution in [1.29, 1.82) is 0 Å². The van der Waals surface area contributed by atoms with E-state index in [1.54, 1.807) is 0 Å². The fraction of sp³-hybridized carbons (Fsp3) is 0.500. The second-order valence-electron chi connectivity index (χ2n) is 5.80. The lowest BCUT2D eigenvalue weighted by Gasteiger charge is -2.23. The molecule has 1 aromatic heterocycles. The molecule has 1 saturated heterocycles. The van der Waals surface area contributed by atoms with Gasteiger partial charge in [0, 0.05) is 24.2 Å². The lowest BCUT2D eigenvalue weighted by molar-refractivity contribution is 0.0947. The van der Waals surface area contributed by atoms with E-state index in [-0.39, 0.29) is 0 Å². The Kier molecular flexibility index (Phi) is 4.84. The van der Waals surface area contributed by atoms with E-state index in [9.17, 15) is 0 Å². The molecule has 3 nitrogen and oxygen atoms in total. The van der Waals surface area contributed by atoms with Gasteiger partial charge in [0.15, 0.2) is 0 Å². The topological polar surface area (TPSA) is 34.1 Å². The molecule has 112 valence electrons. The number of fused-ring (bicyclic) bond motifs is 1. The number of hydrogen-bond donors (Lipinski definition) is 1. The van der Waals surface area contributed by atoms with E-state index >= 15 is 0 Å². The first kappa shape index (κ1) is 14.5. The number of hydrogen-bond acceptors (Lipinski definition) is 3. The molecule has 2 aromatic rings. The van der Waals surface area contributed by atoms with Crippen LogP contribution in [0.1, 0.15) is 44.2 Å². The van der Waals surface area contributed by atoms with E-state index in [1.807, 2.05) is 12.3 Å². The van der Waals surface area contributed by atoms with Crippen LogP contribution in [0.15, 0.2) is 36.5 Å². The minimum Gasteiger partial charge on any atom is -0.378 e. The molecule has 0 amide bonds. The summed E-state index contributed by atoms with van der Waals surface area (Å²) < 4.78 is 5.84. The van der Waals surface area contributed by atoms with Gasteiger partial charge in [0.05, 0.1) is 11.6 Å². The van der Waals surface area contributed by atoms with E-state index < -0.39 is 0 Å². The first-order chi connectivity index (χ1) is 10.4. The molecule has 1 aliphatic heterocycles. The Morgan fingerprint density at radius 2 is 2.24 bits per heavy atom. The van der Waals surface area contributed by atoms with Crippen LogP contribution >= 0.6 is 0 Å². The predicted molar refractivity (Wildman–Crippen MR) is 86.4 cm³/mol. The molecular formula is C18H24N2O. The van der Waals surface area contributed by atoms with Crippen molar-refractivity contribution in [3.63, 3.8) is 0 Å². The van der Waals surface area contributed by atoms with Crippen molar-refractivity contribution in [3.05, 3.63) is 42.1 Å². The second-order valence-corrected chi connectivity index (χ2v) is 5.80. The van der Waals surface area contributed by atoms with Crippen molar-refractivity contribution in [2.24, 2.45) is 0 Å². The van der Waals surface area contributed by atoms with Gasteiger partial charge in [0.2, 0.25) is 0 Å². The Balaban J connectivity index is 1.89. The molecular weight excluding hydrogens is 260 g/mol. The summed E-state index contributed by atoms with van der Waals surface area (Å²) in [5.41, 5.74) is 2.42. The normalized spacial score (nSPS) is 20.0. The first-order valence-electron chi connectivity index (χ1n) is 8.07. The molecule has 0 spiro atoms. The van der Waals surface area contributed by atoms with Gasteiger partial charge in [-0.15, -0.1) is 0 Å². The Bertz CT molecular complexity index is 573. The molecule has 1 aliphatic rings. The van der Waals surface area contributed by atoms with Gasteiger partial charge in [-0.1, -0.05) is 31.2 Å². The number of benzene rings is 1. The lowest BCUT2D eigenvalue weighted by Crippen LogP contribution is -2.26. The molecule has 0 bridgehead atoms. The van der Waals surface area contributed by atoms with Crippen molar-refractivity contribution in [2.45, 2.75) is 44.8 Å². The number of rotatable bonds is 6. The van der Waals surface area contributed by atoms with Crippen LogP contribution in [0.4, 0.5) is 0 Å². The number of nitrogens with zero attached hydrogens (tertiary/aromatic N) is 1. The highest BCUT2D eigenvalue weighted by molar-refractivity contribution is 5.82. The maximum Gasteiger partial charge on any atom is 0.0749 e. The van der Waals surface area contributed by atoms with Crippen molar-refractivity contribution >= 4 is 10.9 Å². The first-order valence-corrected chi connectivity index (χ1v) is 8.07. The molecule has 1 N–H and O–H groups in total. The third-order valence-electron chi connectivity index (χ3n) is 4.20. The van der Waals surface area contributed by atoms with Gasteiger partial charge < -0.3 is 10.1 Å². The largest absolute Gasteiger partial charge is 0.378 e. The summed E-state index contributed by atoms with van der Waals surface area (Å²) in [7, 11) is 0. The third kappa shape index (κ3) is 3.42. The Morgan fingerprint density at radius 1 is 1.33 bits per heavy atom. The number of para-hydroxylation sites is 1. The lowest BCUT2D eigenvalue weighted by atomic mass is 9.96. The van der Waals surface area contributed by atoms with Crippen molar-refractivity contribution < 1.29 is 4.74 Å². The minimum atomic E-state index is 0.326. The quantitative estimate of drug-likeness (QED) is 0.875. The van der Waals surface area contributed by atoms with Crippen LogP contribution in [0, 0.1) is 0 Å². The molecule has 3 heteroatoms. The van der Waals surface area contributed by atoms with E-state index in [4.69, 9.17) is 4.74 Å². The zero-order valence-corrected chi connectivity index (χ0v) is 12.7. The average molecular weight is 284 g/mol. The fourth-order valence-electron chi connectivity index (χ4n) is 3.14. The number of aromatic nitrogens is 1. The van der Waals surface area contributed by atoms with Gasteiger partial charge in [-0.3, -0.25) is 4.98 Å². The number of ether oxygens (including phenoxy) is 1. The number of pyridine rings is 1. The Labute approximate surface area is 126 Å². The summed E-state index contributed by atoms with van der Waals surface area (Å²) in [5, 5.41) is 4.90. The van der Waals surface area contributed by atoms with Crippen molar-refractivity contribution in [1.82, 2.24) is 10.3 Å². The fourth-order valence-corrected chi connectivity index (χ4v) is 3.14. The highest BCUT2D eigenvalue weighted by Crippen LogP contribution is 2.29. The molecule has 1 fully saturated rings. The Morgan fingerprint density at radius 3 is 3.05 bits per heavy atom. The monoisotopic (exact) mass is 284 g/mol. The smallest absolute Gasteiger partial charge is 0.0749 e. The van der Waals surface area contributed by atoms with E-state index in [0.717, 1.165) is 31.5 Å². The molecule has 3 rings (SSSR count). The molecule has 2 atom stereocenters. The van der Waals surface area contributed by atoms with Gasteiger partial charge in [-0.2, -0.15) is 0 Å². The van der Waals surface area contributed by atoms with Gasteiger partial charge >= 0.3 is 0 Å². The summed E-state index contributed by atoms with van der Waals surface area (Å²) >= 11 is 0. The molecule has 2 unspecified atom stereocenters. The standard InChI is InChI=1S/C18H24N2O/c1-2-10-19-17(13-15-8-5-12-21-15)16-9-3-6-14-7-4-11-20-18(14)16/h3-4,6-7,9,11,15,17,19H,2,5,8,10,12-13H2,1H3.